The van der Waals surface area contributed by atoms with Crippen LogP contribution in [0.5, 0.6) is 0 Å². The van der Waals surface area contributed by atoms with E-state index in [0.29, 0.717) is 6.61 Å². The molecule has 20 heavy (non-hydrogen) atoms. The Balaban J connectivity index is 2.30. The highest BCUT2D eigenvalue weighted by Gasteiger charge is 2.18. The minimum absolute atomic E-state index is 0.0314. The molecule has 1 aromatic rings. The summed E-state index contributed by atoms with van der Waals surface area (Å²) in [6, 6.07) is 9.45. The Labute approximate surface area is 119 Å². The third kappa shape index (κ3) is 6.14. The zero-order valence-corrected chi connectivity index (χ0v) is 12.2. The molecule has 1 aromatic carbocycles. The molecule has 0 unspecified atom stereocenters. The van der Waals surface area contributed by atoms with Gasteiger partial charge >= 0.3 is 5.97 Å². The smallest absolute Gasteiger partial charge is 0.304 e. The van der Waals surface area contributed by atoms with E-state index in [1.807, 2.05) is 30.3 Å². The average Bonchev–Trinajstić information content (AvgIpc) is 2.42. The average molecular weight is 301 g/mol. The van der Waals surface area contributed by atoms with Gasteiger partial charge < -0.3 is 9.84 Å². The fourth-order valence-corrected chi connectivity index (χ4v) is 2.49. The Morgan fingerprint density at radius 2 is 1.95 bits per heavy atom. The van der Waals surface area contributed by atoms with E-state index in [1.54, 1.807) is 0 Å². The SMILES string of the molecule is CN(CCC(=O)O)S(=O)(=O)CCOCc1ccccc1. The van der Waals surface area contributed by atoms with E-state index in [2.05, 4.69) is 0 Å². The van der Waals surface area contributed by atoms with Crippen molar-refractivity contribution in [3.63, 3.8) is 0 Å². The van der Waals surface area contributed by atoms with E-state index in [4.69, 9.17) is 9.84 Å². The quantitative estimate of drug-likeness (QED) is 0.686. The molecule has 0 amide bonds. The third-order valence-corrected chi connectivity index (χ3v) is 4.53. The predicted octanol–water partition coefficient (Wildman–Crippen LogP) is 0.940. The number of nitrogens with zero attached hydrogens (tertiary/aromatic N) is 1. The summed E-state index contributed by atoms with van der Waals surface area (Å²) in [6.07, 6.45) is -0.208. The van der Waals surface area contributed by atoms with Gasteiger partial charge in [0.1, 0.15) is 0 Å². The number of carboxylic acid groups (broad SMARTS) is 1. The molecule has 0 aliphatic heterocycles. The van der Waals surface area contributed by atoms with Crippen molar-refractivity contribution in [3.05, 3.63) is 35.9 Å². The maximum Gasteiger partial charge on any atom is 0.304 e. The van der Waals surface area contributed by atoms with Crippen LogP contribution >= 0.6 is 0 Å². The zero-order valence-electron chi connectivity index (χ0n) is 11.4. The lowest BCUT2D eigenvalue weighted by atomic mass is 10.2. The largest absolute Gasteiger partial charge is 0.481 e. The van der Waals surface area contributed by atoms with E-state index >= 15 is 0 Å². The van der Waals surface area contributed by atoms with Crippen LogP contribution in [0.4, 0.5) is 0 Å². The molecule has 1 N–H and O–H groups in total. The molecule has 0 heterocycles. The van der Waals surface area contributed by atoms with Crippen LogP contribution in [0.3, 0.4) is 0 Å². The van der Waals surface area contributed by atoms with Crippen molar-refractivity contribution in [2.75, 3.05) is 26.0 Å². The van der Waals surface area contributed by atoms with Gasteiger partial charge in [-0.3, -0.25) is 4.79 Å². The van der Waals surface area contributed by atoms with Gasteiger partial charge in [-0.2, -0.15) is 0 Å². The number of hydrogen-bond donors (Lipinski definition) is 1. The van der Waals surface area contributed by atoms with Crippen molar-refractivity contribution in [2.24, 2.45) is 0 Å². The van der Waals surface area contributed by atoms with Gasteiger partial charge in [0.15, 0.2) is 0 Å². The topological polar surface area (TPSA) is 83.9 Å². The molecular formula is C13H19NO5S. The number of carboxylic acids is 1. The van der Waals surface area contributed by atoms with Crippen molar-refractivity contribution >= 4 is 16.0 Å². The Bertz CT molecular complexity index is 515. The molecule has 0 aliphatic rings. The summed E-state index contributed by atoms with van der Waals surface area (Å²) in [5.74, 6) is -1.18. The molecule has 0 bridgehead atoms. The summed E-state index contributed by atoms with van der Waals surface area (Å²) in [5.41, 5.74) is 0.976. The maximum atomic E-state index is 11.8. The minimum atomic E-state index is -3.47. The minimum Gasteiger partial charge on any atom is -0.481 e. The van der Waals surface area contributed by atoms with Gasteiger partial charge in [0.2, 0.25) is 10.0 Å². The van der Waals surface area contributed by atoms with E-state index in [-0.39, 0.29) is 25.3 Å². The fourth-order valence-electron chi connectivity index (χ4n) is 1.48. The first-order valence-electron chi connectivity index (χ1n) is 6.19. The van der Waals surface area contributed by atoms with Crippen molar-refractivity contribution in [1.82, 2.24) is 4.31 Å². The first kappa shape index (κ1) is 16.6. The molecule has 0 saturated carbocycles. The number of ether oxygens (including phenoxy) is 1. The van der Waals surface area contributed by atoms with Gasteiger partial charge in [-0.1, -0.05) is 30.3 Å². The van der Waals surface area contributed by atoms with E-state index in [9.17, 15) is 13.2 Å². The lowest BCUT2D eigenvalue weighted by Crippen LogP contribution is -2.32. The number of carbonyl (C=O) groups is 1. The Morgan fingerprint density at radius 3 is 2.55 bits per heavy atom. The monoisotopic (exact) mass is 301 g/mol. The lowest BCUT2D eigenvalue weighted by Gasteiger charge is -2.16. The van der Waals surface area contributed by atoms with Gasteiger partial charge in [-0.05, 0) is 5.56 Å². The summed E-state index contributed by atoms with van der Waals surface area (Å²) in [6.45, 7) is 0.403. The molecule has 7 heteroatoms. The molecule has 6 nitrogen and oxygen atoms in total. The van der Waals surface area contributed by atoms with Gasteiger partial charge in [0.25, 0.3) is 0 Å². The molecule has 0 atom stereocenters. The van der Waals surface area contributed by atoms with E-state index < -0.39 is 16.0 Å². The number of hydrogen-bond acceptors (Lipinski definition) is 4. The molecular weight excluding hydrogens is 282 g/mol. The van der Waals surface area contributed by atoms with Gasteiger partial charge in [0.05, 0.1) is 25.4 Å². The second kappa shape index (κ2) is 7.98. The van der Waals surface area contributed by atoms with Crippen LogP contribution in [-0.4, -0.2) is 49.8 Å². The standard InChI is InChI=1S/C13H19NO5S/c1-14(8-7-13(15)16)20(17,18)10-9-19-11-12-5-3-2-4-6-12/h2-6H,7-11H2,1H3,(H,15,16). The normalized spacial score (nSPS) is 11.7. The Hall–Kier alpha value is -1.44. The summed E-state index contributed by atoms with van der Waals surface area (Å²) >= 11 is 0. The summed E-state index contributed by atoms with van der Waals surface area (Å²) < 4.78 is 30.0. The Morgan fingerprint density at radius 1 is 1.30 bits per heavy atom. The fraction of sp³-hybridized carbons (Fsp3) is 0.462. The summed E-state index contributed by atoms with van der Waals surface area (Å²) in [7, 11) is -2.09. The summed E-state index contributed by atoms with van der Waals surface area (Å²) in [5, 5.41) is 8.52. The van der Waals surface area contributed by atoms with Gasteiger partial charge in [0, 0.05) is 13.6 Å². The van der Waals surface area contributed by atoms with Crippen LogP contribution in [0.2, 0.25) is 0 Å². The molecule has 112 valence electrons. The molecule has 0 radical (unpaired) electrons. The first-order chi connectivity index (χ1) is 9.42. The molecule has 0 spiro atoms. The maximum absolute atomic E-state index is 11.8. The summed E-state index contributed by atoms with van der Waals surface area (Å²) in [4.78, 5) is 10.4. The lowest BCUT2D eigenvalue weighted by molar-refractivity contribution is -0.137. The van der Waals surface area contributed by atoms with Crippen LogP contribution in [0.15, 0.2) is 30.3 Å². The Kier molecular flexibility index (Phi) is 6.63. The van der Waals surface area contributed by atoms with Crippen molar-refractivity contribution in [3.8, 4) is 0 Å². The van der Waals surface area contributed by atoms with Crippen molar-refractivity contribution in [1.29, 1.82) is 0 Å². The van der Waals surface area contributed by atoms with E-state index in [1.165, 1.54) is 7.05 Å². The highest BCUT2D eigenvalue weighted by Crippen LogP contribution is 2.03. The van der Waals surface area contributed by atoms with Crippen LogP contribution in [-0.2, 0) is 26.2 Å². The second-order valence-corrected chi connectivity index (χ2v) is 6.51. The van der Waals surface area contributed by atoms with Crippen LogP contribution in [0.1, 0.15) is 12.0 Å². The predicted molar refractivity (Wildman–Crippen MR) is 74.8 cm³/mol. The zero-order chi connectivity index (χ0) is 15.0. The molecule has 0 saturated heterocycles. The molecule has 0 fully saturated rings. The first-order valence-corrected chi connectivity index (χ1v) is 7.80. The van der Waals surface area contributed by atoms with E-state index in [0.717, 1.165) is 9.87 Å². The van der Waals surface area contributed by atoms with Crippen LogP contribution in [0, 0.1) is 0 Å². The molecule has 0 aliphatic carbocycles. The second-order valence-electron chi connectivity index (χ2n) is 4.32. The molecule has 1 rings (SSSR count). The van der Waals surface area contributed by atoms with Gasteiger partial charge in [-0.25, -0.2) is 12.7 Å². The third-order valence-electron chi connectivity index (χ3n) is 2.71. The molecule has 0 aromatic heterocycles. The van der Waals surface area contributed by atoms with Gasteiger partial charge in [-0.15, -0.1) is 0 Å². The van der Waals surface area contributed by atoms with Crippen molar-refractivity contribution in [2.45, 2.75) is 13.0 Å². The number of rotatable bonds is 9. The number of benzene rings is 1. The highest BCUT2D eigenvalue weighted by atomic mass is 32.2. The van der Waals surface area contributed by atoms with Crippen molar-refractivity contribution < 1.29 is 23.1 Å². The number of sulfonamides is 1. The number of aliphatic carboxylic acids is 1. The highest BCUT2D eigenvalue weighted by molar-refractivity contribution is 7.89. The van der Waals surface area contributed by atoms with Crippen LogP contribution < -0.4 is 0 Å². The van der Waals surface area contributed by atoms with Crippen LogP contribution in [0.25, 0.3) is 0 Å².